The van der Waals surface area contributed by atoms with Crippen LogP contribution < -0.4 is 4.90 Å². The van der Waals surface area contributed by atoms with Crippen molar-refractivity contribution in [3.05, 3.63) is 18.1 Å². The molecule has 0 aliphatic rings. The van der Waals surface area contributed by atoms with E-state index in [4.69, 9.17) is 0 Å². The first-order valence-corrected chi connectivity index (χ1v) is 5.74. The third kappa shape index (κ3) is 3.90. The Bertz CT molecular complexity index is 462. The van der Waals surface area contributed by atoms with Crippen molar-refractivity contribution in [1.82, 2.24) is 9.97 Å². The molecule has 0 fully saturated rings. The largest absolute Gasteiger partial charge is 0.468 e. The minimum absolute atomic E-state index is 0.0134. The number of methoxy groups -OCH3 is 2. The topological polar surface area (TPSA) is 81.6 Å². The van der Waals surface area contributed by atoms with Crippen LogP contribution in [-0.2, 0) is 14.3 Å². The number of nitrogens with zero attached hydrogens (tertiary/aromatic N) is 3. The van der Waals surface area contributed by atoms with Gasteiger partial charge in [0.15, 0.2) is 0 Å². The van der Waals surface area contributed by atoms with Crippen molar-refractivity contribution in [3.8, 4) is 0 Å². The molecule has 0 aliphatic heterocycles. The fraction of sp³-hybridized carbons (Fsp3) is 0.500. The van der Waals surface area contributed by atoms with Crippen molar-refractivity contribution < 1.29 is 19.1 Å². The van der Waals surface area contributed by atoms with Gasteiger partial charge >= 0.3 is 11.9 Å². The zero-order chi connectivity index (χ0) is 14.4. The molecule has 0 bridgehead atoms. The normalized spacial score (nSPS) is 10.2. The summed E-state index contributed by atoms with van der Waals surface area (Å²) in [5.41, 5.74) is 0. The van der Waals surface area contributed by atoms with Crippen molar-refractivity contribution in [2.45, 2.75) is 19.9 Å². The number of aromatic nitrogens is 2. The first-order valence-electron chi connectivity index (χ1n) is 5.74. The lowest BCUT2D eigenvalue weighted by atomic mass is 10.3. The van der Waals surface area contributed by atoms with Crippen LogP contribution in [0.3, 0.4) is 0 Å². The second kappa shape index (κ2) is 6.67. The molecule has 104 valence electrons. The molecule has 7 nitrogen and oxygen atoms in total. The van der Waals surface area contributed by atoms with Crippen LogP contribution in [0.4, 0.5) is 5.82 Å². The van der Waals surface area contributed by atoms with Crippen molar-refractivity contribution in [1.29, 1.82) is 0 Å². The Balaban J connectivity index is 3.02. The molecule has 0 unspecified atom stereocenters. The zero-order valence-electron chi connectivity index (χ0n) is 11.4. The van der Waals surface area contributed by atoms with Gasteiger partial charge in [-0.2, -0.15) is 0 Å². The Morgan fingerprint density at radius 1 is 1.32 bits per heavy atom. The summed E-state index contributed by atoms with van der Waals surface area (Å²) in [5.74, 6) is -0.582. The lowest BCUT2D eigenvalue weighted by Gasteiger charge is -2.26. The van der Waals surface area contributed by atoms with E-state index in [0.29, 0.717) is 5.82 Å². The fourth-order valence-electron chi connectivity index (χ4n) is 1.43. The van der Waals surface area contributed by atoms with E-state index >= 15 is 0 Å². The Kier molecular flexibility index (Phi) is 5.23. The van der Waals surface area contributed by atoms with Crippen molar-refractivity contribution >= 4 is 17.8 Å². The number of carbonyl (C=O) groups excluding carboxylic acids is 2. The lowest BCUT2D eigenvalue weighted by molar-refractivity contribution is -0.139. The summed E-state index contributed by atoms with van der Waals surface area (Å²) in [6.45, 7) is 3.86. The quantitative estimate of drug-likeness (QED) is 0.724. The van der Waals surface area contributed by atoms with E-state index < -0.39 is 5.97 Å². The van der Waals surface area contributed by atoms with Gasteiger partial charge in [-0.1, -0.05) is 0 Å². The molecule has 0 saturated carbocycles. The summed E-state index contributed by atoms with van der Waals surface area (Å²) < 4.78 is 9.20. The summed E-state index contributed by atoms with van der Waals surface area (Å²) in [5, 5.41) is 0. The Hall–Kier alpha value is -2.18. The highest BCUT2D eigenvalue weighted by Gasteiger charge is 2.18. The monoisotopic (exact) mass is 267 g/mol. The molecule has 0 amide bonds. The maximum atomic E-state index is 11.4. The fourth-order valence-corrected chi connectivity index (χ4v) is 1.43. The number of esters is 2. The molecule has 7 heteroatoms. The maximum absolute atomic E-state index is 11.4. The van der Waals surface area contributed by atoms with Gasteiger partial charge in [0.25, 0.3) is 0 Å². The molecule has 0 aromatic carbocycles. The van der Waals surface area contributed by atoms with E-state index in [1.165, 1.54) is 20.4 Å². The SMILES string of the molecule is COC(=O)CN(c1ccnc(C(=O)OC)n1)C(C)C. The number of carbonyl (C=O) groups is 2. The van der Waals surface area contributed by atoms with Crippen LogP contribution in [0.5, 0.6) is 0 Å². The minimum Gasteiger partial charge on any atom is -0.468 e. The summed E-state index contributed by atoms with van der Waals surface area (Å²) in [6.07, 6.45) is 1.45. The third-order valence-corrected chi connectivity index (χ3v) is 2.45. The van der Waals surface area contributed by atoms with Gasteiger partial charge in [0.1, 0.15) is 12.4 Å². The Morgan fingerprint density at radius 2 is 2.00 bits per heavy atom. The van der Waals surface area contributed by atoms with Gasteiger partial charge in [-0.15, -0.1) is 0 Å². The average Bonchev–Trinajstić information content (AvgIpc) is 2.43. The van der Waals surface area contributed by atoms with Crippen LogP contribution in [0.2, 0.25) is 0 Å². The third-order valence-electron chi connectivity index (χ3n) is 2.45. The molecule has 0 aliphatic carbocycles. The predicted molar refractivity (Wildman–Crippen MR) is 67.9 cm³/mol. The highest BCUT2D eigenvalue weighted by atomic mass is 16.5. The highest BCUT2D eigenvalue weighted by Crippen LogP contribution is 2.13. The first kappa shape index (κ1) is 14.9. The van der Waals surface area contributed by atoms with E-state index in [1.807, 2.05) is 13.8 Å². The molecule has 0 radical (unpaired) electrons. The van der Waals surface area contributed by atoms with Crippen molar-refractivity contribution in [2.24, 2.45) is 0 Å². The number of hydrogen-bond donors (Lipinski definition) is 0. The van der Waals surface area contributed by atoms with Gasteiger partial charge in [0.05, 0.1) is 14.2 Å². The summed E-state index contributed by atoms with van der Waals surface area (Å²) in [4.78, 5) is 32.4. The van der Waals surface area contributed by atoms with Gasteiger partial charge in [-0.25, -0.2) is 14.8 Å². The molecular weight excluding hydrogens is 250 g/mol. The van der Waals surface area contributed by atoms with Crippen LogP contribution in [0.25, 0.3) is 0 Å². The van der Waals surface area contributed by atoms with E-state index in [0.717, 1.165) is 0 Å². The standard InChI is InChI=1S/C12H17N3O4/c1-8(2)15(7-10(16)18-3)9-5-6-13-11(14-9)12(17)19-4/h5-6,8H,7H2,1-4H3. The summed E-state index contributed by atoms with van der Waals surface area (Å²) >= 11 is 0. The second-order valence-electron chi connectivity index (χ2n) is 4.03. The molecule has 1 heterocycles. The second-order valence-corrected chi connectivity index (χ2v) is 4.03. The molecule has 19 heavy (non-hydrogen) atoms. The van der Waals surface area contributed by atoms with Crippen LogP contribution in [-0.4, -0.2) is 48.7 Å². The molecule has 1 rings (SSSR count). The van der Waals surface area contributed by atoms with Crippen LogP contribution in [0.1, 0.15) is 24.5 Å². The van der Waals surface area contributed by atoms with Gasteiger partial charge in [0.2, 0.25) is 5.82 Å². The average molecular weight is 267 g/mol. The van der Waals surface area contributed by atoms with Gasteiger partial charge in [-0.3, -0.25) is 4.79 Å². The maximum Gasteiger partial charge on any atom is 0.376 e. The first-order chi connectivity index (χ1) is 8.99. The number of ether oxygens (including phenoxy) is 2. The highest BCUT2D eigenvalue weighted by molar-refractivity contribution is 5.85. The van der Waals surface area contributed by atoms with Crippen molar-refractivity contribution in [2.75, 3.05) is 25.7 Å². The van der Waals surface area contributed by atoms with Crippen LogP contribution in [0.15, 0.2) is 12.3 Å². The summed E-state index contributed by atoms with van der Waals surface area (Å²) in [7, 11) is 2.58. The van der Waals surface area contributed by atoms with Crippen LogP contribution in [0, 0.1) is 0 Å². The molecule has 1 aromatic heterocycles. The van der Waals surface area contributed by atoms with E-state index in [1.54, 1.807) is 11.0 Å². The van der Waals surface area contributed by atoms with Gasteiger partial charge in [0, 0.05) is 12.2 Å². The molecule has 0 spiro atoms. The van der Waals surface area contributed by atoms with E-state index in [-0.39, 0.29) is 24.4 Å². The molecule has 0 N–H and O–H groups in total. The predicted octanol–water partition coefficient (Wildman–Crippen LogP) is 0.651. The smallest absolute Gasteiger partial charge is 0.376 e. The zero-order valence-corrected chi connectivity index (χ0v) is 11.4. The van der Waals surface area contributed by atoms with E-state index in [2.05, 4.69) is 19.4 Å². The Labute approximate surface area is 111 Å². The van der Waals surface area contributed by atoms with Gasteiger partial charge in [-0.05, 0) is 19.9 Å². The minimum atomic E-state index is -0.622. The molecule has 1 aromatic rings. The van der Waals surface area contributed by atoms with Crippen molar-refractivity contribution in [3.63, 3.8) is 0 Å². The Morgan fingerprint density at radius 3 is 2.53 bits per heavy atom. The van der Waals surface area contributed by atoms with Gasteiger partial charge < -0.3 is 14.4 Å². The molecule has 0 saturated heterocycles. The number of rotatable bonds is 5. The van der Waals surface area contributed by atoms with Crippen LogP contribution >= 0.6 is 0 Å². The lowest BCUT2D eigenvalue weighted by Crippen LogP contribution is -2.37. The van der Waals surface area contributed by atoms with E-state index in [9.17, 15) is 9.59 Å². The number of hydrogen-bond acceptors (Lipinski definition) is 7. The number of anilines is 1. The summed E-state index contributed by atoms with van der Waals surface area (Å²) in [6, 6.07) is 1.63. The molecule has 0 atom stereocenters. The molecular formula is C12H17N3O4.